The van der Waals surface area contributed by atoms with Crippen LogP contribution >= 0.6 is 0 Å². The minimum atomic E-state index is 0.128. The van der Waals surface area contributed by atoms with E-state index in [4.69, 9.17) is 17.2 Å². The molecule has 0 aliphatic carbocycles. The molecule has 0 saturated carbocycles. The van der Waals surface area contributed by atoms with Gasteiger partial charge in [0.15, 0.2) is 5.96 Å². The van der Waals surface area contributed by atoms with Gasteiger partial charge in [0.1, 0.15) is 5.82 Å². The number of aliphatic imine (C=N–C) groups is 1. The van der Waals surface area contributed by atoms with E-state index in [1.165, 1.54) is 18.4 Å². The third-order valence-corrected chi connectivity index (χ3v) is 3.79. The number of rotatable bonds is 7. The van der Waals surface area contributed by atoms with Crippen LogP contribution in [0.25, 0.3) is 10.9 Å². The number of hydrogen-bond acceptors (Lipinski definition) is 3. The molecule has 0 spiro atoms. The van der Waals surface area contributed by atoms with Gasteiger partial charge in [-0.2, -0.15) is 0 Å². The van der Waals surface area contributed by atoms with E-state index in [-0.39, 0.29) is 5.96 Å². The van der Waals surface area contributed by atoms with Crippen molar-refractivity contribution in [1.29, 1.82) is 0 Å². The topological polar surface area (TPSA) is 103 Å². The highest BCUT2D eigenvalue weighted by molar-refractivity contribution is 5.84. The third-order valence-electron chi connectivity index (χ3n) is 3.79. The molecule has 1 aromatic carbocycles. The average molecular weight is 299 g/mol. The Morgan fingerprint density at radius 3 is 2.68 bits per heavy atom. The largest absolute Gasteiger partial charge is 0.383 e. The Morgan fingerprint density at radius 2 is 1.95 bits per heavy atom. The molecule has 0 radical (unpaired) electrons. The standard InChI is InChI=1S/C17H25N5/c1-2-3-4-6-13-11-14-12(9-10-21-17(19)20)7-5-8-15(14)22-16(13)18/h5,7-8,11H,2-4,6,9-10H2,1H3,(H2,18,22)(H4,19,20,21). The first kappa shape index (κ1) is 16.1. The first-order valence-corrected chi connectivity index (χ1v) is 7.84. The number of nitrogens with zero attached hydrogens (tertiary/aromatic N) is 2. The molecule has 0 atom stereocenters. The lowest BCUT2D eigenvalue weighted by atomic mass is 10.0. The van der Waals surface area contributed by atoms with Gasteiger partial charge in [-0.05, 0) is 42.5 Å². The van der Waals surface area contributed by atoms with Crippen LogP contribution < -0.4 is 17.2 Å². The predicted octanol–water partition coefficient (Wildman–Crippen LogP) is 2.37. The summed E-state index contributed by atoms with van der Waals surface area (Å²) in [6.07, 6.45) is 5.32. The molecule has 1 aromatic heterocycles. The van der Waals surface area contributed by atoms with Crippen molar-refractivity contribution in [1.82, 2.24) is 4.98 Å². The van der Waals surface area contributed by atoms with Crippen molar-refractivity contribution in [3.8, 4) is 0 Å². The number of hydrogen-bond donors (Lipinski definition) is 3. The summed E-state index contributed by atoms with van der Waals surface area (Å²) in [5.41, 5.74) is 20.1. The number of anilines is 1. The van der Waals surface area contributed by atoms with Crippen molar-refractivity contribution in [2.75, 3.05) is 12.3 Å². The fraction of sp³-hybridized carbons (Fsp3) is 0.412. The van der Waals surface area contributed by atoms with E-state index in [2.05, 4.69) is 29.0 Å². The van der Waals surface area contributed by atoms with Crippen LogP contribution in [0, 0.1) is 0 Å². The summed E-state index contributed by atoms with van der Waals surface area (Å²) in [4.78, 5) is 8.61. The fourth-order valence-electron chi connectivity index (χ4n) is 2.60. The Kier molecular flexibility index (Phi) is 5.58. The lowest BCUT2D eigenvalue weighted by Crippen LogP contribution is -2.23. The number of nitrogen functional groups attached to an aromatic ring is 1. The molecule has 6 N–H and O–H groups in total. The molecule has 0 aliphatic heterocycles. The van der Waals surface area contributed by atoms with E-state index in [1.807, 2.05) is 12.1 Å². The average Bonchev–Trinajstić information content (AvgIpc) is 2.48. The highest BCUT2D eigenvalue weighted by Crippen LogP contribution is 2.24. The van der Waals surface area contributed by atoms with E-state index in [0.717, 1.165) is 35.7 Å². The van der Waals surface area contributed by atoms with Gasteiger partial charge in [0.25, 0.3) is 0 Å². The maximum absolute atomic E-state index is 6.09. The summed E-state index contributed by atoms with van der Waals surface area (Å²) >= 11 is 0. The molecule has 5 nitrogen and oxygen atoms in total. The summed E-state index contributed by atoms with van der Waals surface area (Å²) in [6, 6.07) is 8.26. The van der Waals surface area contributed by atoms with Gasteiger partial charge in [-0.3, -0.25) is 4.99 Å². The third kappa shape index (κ3) is 4.10. The van der Waals surface area contributed by atoms with Gasteiger partial charge >= 0.3 is 0 Å². The lowest BCUT2D eigenvalue weighted by molar-refractivity contribution is 0.717. The zero-order chi connectivity index (χ0) is 15.9. The van der Waals surface area contributed by atoms with E-state index in [0.29, 0.717) is 12.4 Å². The summed E-state index contributed by atoms with van der Waals surface area (Å²) in [5.74, 6) is 0.771. The van der Waals surface area contributed by atoms with E-state index in [1.54, 1.807) is 0 Å². The number of aryl methyl sites for hydroxylation is 1. The Bertz CT molecular complexity index is 659. The van der Waals surface area contributed by atoms with Crippen LogP contribution in [0.5, 0.6) is 0 Å². The summed E-state index contributed by atoms with van der Waals surface area (Å²) in [7, 11) is 0. The molecule has 1 heterocycles. The number of aromatic nitrogens is 1. The van der Waals surface area contributed by atoms with Gasteiger partial charge < -0.3 is 17.2 Å². The van der Waals surface area contributed by atoms with Gasteiger partial charge in [0.2, 0.25) is 0 Å². The SMILES string of the molecule is CCCCCc1cc2c(CCN=C(N)N)cccc2nc1N. The number of benzene rings is 1. The molecule has 2 rings (SSSR count). The zero-order valence-electron chi connectivity index (χ0n) is 13.2. The first-order chi connectivity index (χ1) is 10.6. The smallest absolute Gasteiger partial charge is 0.185 e. The Balaban J connectivity index is 2.28. The Hall–Kier alpha value is -2.30. The molecule has 2 aromatic rings. The van der Waals surface area contributed by atoms with Gasteiger partial charge in [-0.25, -0.2) is 4.98 Å². The number of unbranched alkanes of at least 4 members (excludes halogenated alkanes) is 2. The molecular weight excluding hydrogens is 274 g/mol. The van der Waals surface area contributed by atoms with Gasteiger partial charge in [-0.1, -0.05) is 31.9 Å². The maximum atomic E-state index is 6.09. The first-order valence-electron chi connectivity index (χ1n) is 7.84. The Morgan fingerprint density at radius 1 is 1.14 bits per heavy atom. The predicted molar refractivity (Wildman–Crippen MR) is 93.8 cm³/mol. The van der Waals surface area contributed by atoms with Crippen molar-refractivity contribution in [3.05, 3.63) is 35.4 Å². The van der Waals surface area contributed by atoms with Crippen LogP contribution in [0.1, 0.15) is 37.3 Å². The second-order valence-corrected chi connectivity index (χ2v) is 5.53. The van der Waals surface area contributed by atoms with Crippen molar-refractivity contribution < 1.29 is 0 Å². The van der Waals surface area contributed by atoms with E-state index in [9.17, 15) is 0 Å². The van der Waals surface area contributed by atoms with Gasteiger partial charge in [0, 0.05) is 11.9 Å². The summed E-state index contributed by atoms with van der Waals surface area (Å²) in [6.45, 7) is 2.78. The van der Waals surface area contributed by atoms with Crippen molar-refractivity contribution in [2.24, 2.45) is 16.5 Å². The van der Waals surface area contributed by atoms with Crippen LogP contribution in [-0.4, -0.2) is 17.5 Å². The summed E-state index contributed by atoms with van der Waals surface area (Å²) in [5, 5.41) is 1.15. The van der Waals surface area contributed by atoms with Gasteiger partial charge in [-0.15, -0.1) is 0 Å². The second-order valence-electron chi connectivity index (χ2n) is 5.53. The molecule has 0 saturated heterocycles. The van der Waals surface area contributed by atoms with Crippen molar-refractivity contribution in [3.63, 3.8) is 0 Å². The van der Waals surface area contributed by atoms with Crippen LogP contribution in [0.3, 0.4) is 0 Å². The minimum Gasteiger partial charge on any atom is -0.383 e. The van der Waals surface area contributed by atoms with Crippen LogP contribution in [0.2, 0.25) is 0 Å². The molecule has 118 valence electrons. The Labute approximate surface area is 131 Å². The molecule has 0 aliphatic rings. The van der Waals surface area contributed by atoms with E-state index >= 15 is 0 Å². The molecule has 0 amide bonds. The normalized spacial score (nSPS) is 10.8. The fourth-order valence-corrected chi connectivity index (χ4v) is 2.60. The highest BCUT2D eigenvalue weighted by Gasteiger charge is 2.07. The molecular formula is C17H25N5. The molecule has 5 heteroatoms. The lowest BCUT2D eigenvalue weighted by Gasteiger charge is -2.10. The van der Waals surface area contributed by atoms with Gasteiger partial charge in [0.05, 0.1) is 5.52 Å². The zero-order valence-corrected chi connectivity index (χ0v) is 13.2. The van der Waals surface area contributed by atoms with Crippen LogP contribution in [0.4, 0.5) is 5.82 Å². The molecule has 0 fully saturated rings. The monoisotopic (exact) mass is 299 g/mol. The molecule has 0 unspecified atom stereocenters. The number of guanidine groups is 1. The molecule has 22 heavy (non-hydrogen) atoms. The maximum Gasteiger partial charge on any atom is 0.185 e. The quantitative estimate of drug-likeness (QED) is 0.415. The number of fused-ring (bicyclic) bond motifs is 1. The second kappa shape index (κ2) is 7.64. The number of nitrogens with two attached hydrogens (primary N) is 3. The van der Waals surface area contributed by atoms with Crippen LogP contribution in [-0.2, 0) is 12.8 Å². The number of pyridine rings is 1. The minimum absolute atomic E-state index is 0.128. The van der Waals surface area contributed by atoms with Crippen LogP contribution in [0.15, 0.2) is 29.3 Å². The highest BCUT2D eigenvalue weighted by atomic mass is 15.0. The van der Waals surface area contributed by atoms with Crippen molar-refractivity contribution in [2.45, 2.75) is 39.0 Å². The van der Waals surface area contributed by atoms with Crippen molar-refractivity contribution >= 4 is 22.7 Å². The van der Waals surface area contributed by atoms with E-state index < -0.39 is 0 Å². The summed E-state index contributed by atoms with van der Waals surface area (Å²) < 4.78 is 0. The molecule has 0 bridgehead atoms.